The fraction of sp³-hybridized carbons (Fsp3) is 0.333. The third kappa shape index (κ3) is 5.01. The van der Waals surface area contributed by atoms with Crippen molar-refractivity contribution in [1.82, 2.24) is 5.32 Å². The van der Waals surface area contributed by atoms with E-state index in [-0.39, 0.29) is 42.6 Å². The zero-order chi connectivity index (χ0) is 25.8. The van der Waals surface area contributed by atoms with Crippen LogP contribution in [0.4, 0.5) is 5.69 Å². The lowest BCUT2D eigenvalue weighted by molar-refractivity contribution is -0.384. The highest BCUT2D eigenvalue weighted by atomic mass is 16.6. The molecule has 2 atom stereocenters. The molecule has 2 aliphatic rings. The number of dihydropyridines is 1. The molecule has 0 amide bonds. The molecule has 0 radical (unpaired) electrons. The topological polar surface area (TPSA) is 117 Å². The molecule has 0 saturated carbocycles. The molecule has 188 valence electrons. The minimum atomic E-state index is -0.777. The summed E-state index contributed by atoms with van der Waals surface area (Å²) in [4.78, 5) is 37.8. The average molecular weight is 493 g/mol. The Labute approximate surface area is 208 Å². The number of hydrogen-bond donors (Lipinski definition) is 1. The number of rotatable bonds is 8. The second kappa shape index (κ2) is 10.7. The molecule has 0 fully saturated rings. The number of esters is 1. The Hall–Kier alpha value is -3.98. The number of nitrogens with zero attached hydrogens (tertiary/aromatic N) is 1. The van der Waals surface area contributed by atoms with Crippen molar-refractivity contribution in [1.29, 1.82) is 0 Å². The SMILES string of the molecule is COCCOC(=O)C1=C(C)NC2=C(C(=O)C[C@H](c3ccc(OC)cc3)C2)[C@@H]1c1cccc([N+](=O)[O-])c1. The molecule has 2 aromatic rings. The normalized spacial score (nSPS) is 19.5. The number of ether oxygens (including phenoxy) is 3. The molecule has 1 aliphatic heterocycles. The van der Waals surface area contributed by atoms with Crippen LogP contribution in [0.25, 0.3) is 0 Å². The molecule has 0 aromatic heterocycles. The van der Waals surface area contributed by atoms with Gasteiger partial charge in [-0.2, -0.15) is 0 Å². The first kappa shape index (κ1) is 25.1. The van der Waals surface area contributed by atoms with Gasteiger partial charge in [-0.05, 0) is 42.5 Å². The Morgan fingerprint density at radius 3 is 2.50 bits per heavy atom. The molecule has 0 spiro atoms. The zero-order valence-electron chi connectivity index (χ0n) is 20.4. The number of nitro benzene ring substituents is 1. The number of hydrogen-bond acceptors (Lipinski definition) is 8. The van der Waals surface area contributed by atoms with Crippen molar-refractivity contribution in [2.75, 3.05) is 27.4 Å². The molecular formula is C27H28N2O7. The van der Waals surface area contributed by atoms with Gasteiger partial charge in [0.25, 0.3) is 5.69 Å². The van der Waals surface area contributed by atoms with E-state index in [4.69, 9.17) is 14.2 Å². The van der Waals surface area contributed by atoms with Crippen molar-refractivity contribution < 1.29 is 28.7 Å². The summed E-state index contributed by atoms with van der Waals surface area (Å²) in [6.45, 7) is 2.03. The van der Waals surface area contributed by atoms with Crippen LogP contribution in [-0.4, -0.2) is 44.1 Å². The Bertz CT molecular complexity index is 1250. The standard InChI is InChI=1S/C27H28N2O7/c1-16-24(27(31)36-12-11-34-2)25(18-5-4-6-20(13-18)29(32)33)26-22(28-16)14-19(15-23(26)30)17-7-9-21(35-3)10-8-17/h4-10,13,19,25,28H,11-12,14-15H2,1-3H3/t19-,25-/m1/s1. The minimum Gasteiger partial charge on any atom is -0.497 e. The van der Waals surface area contributed by atoms with Gasteiger partial charge in [0.05, 0.1) is 24.2 Å². The van der Waals surface area contributed by atoms with E-state index in [0.29, 0.717) is 23.3 Å². The molecule has 0 saturated heterocycles. The number of carbonyl (C=O) groups excluding carboxylic acids is 2. The molecule has 1 aliphatic carbocycles. The number of benzene rings is 2. The van der Waals surface area contributed by atoms with Crippen molar-refractivity contribution in [2.24, 2.45) is 0 Å². The predicted molar refractivity (Wildman–Crippen MR) is 132 cm³/mol. The lowest BCUT2D eigenvalue weighted by Gasteiger charge is -2.36. The van der Waals surface area contributed by atoms with Crippen molar-refractivity contribution in [3.8, 4) is 5.75 Å². The van der Waals surface area contributed by atoms with E-state index in [2.05, 4.69) is 5.32 Å². The first-order chi connectivity index (χ1) is 17.3. The fourth-order valence-electron chi connectivity index (χ4n) is 4.87. The summed E-state index contributed by atoms with van der Waals surface area (Å²) in [6, 6.07) is 13.7. The van der Waals surface area contributed by atoms with Gasteiger partial charge in [0.1, 0.15) is 12.4 Å². The first-order valence-corrected chi connectivity index (χ1v) is 11.6. The molecule has 36 heavy (non-hydrogen) atoms. The van der Waals surface area contributed by atoms with Crippen LogP contribution >= 0.6 is 0 Å². The monoisotopic (exact) mass is 492 g/mol. The summed E-state index contributed by atoms with van der Waals surface area (Å²) in [5, 5.41) is 14.7. The first-order valence-electron chi connectivity index (χ1n) is 11.6. The van der Waals surface area contributed by atoms with Crippen molar-refractivity contribution in [3.63, 3.8) is 0 Å². The molecule has 0 unspecified atom stereocenters. The Morgan fingerprint density at radius 1 is 1.08 bits per heavy atom. The molecule has 9 heteroatoms. The maximum atomic E-state index is 13.6. The van der Waals surface area contributed by atoms with Gasteiger partial charge >= 0.3 is 5.97 Å². The third-order valence-electron chi connectivity index (χ3n) is 6.57. The minimum absolute atomic E-state index is 0.0488. The van der Waals surface area contributed by atoms with Crippen LogP contribution in [0.3, 0.4) is 0 Å². The molecule has 9 nitrogen and oxygen atoms in total. The fourth-order valence-corrected chi connectivity index (χ4v) is 4.87. The summed E-state index contributed by atoms with van der Waals surface area (Å²) in [5.74, 6) is -0.803. The number of ketones is 1. The van der Waals surface area contributed by atoms with E-state index in [1.54, 1.807) is 26.2 Å². The van der Waals surface area contributed by atoms with E-state index < -0.39 is 16.8 Å². The second-order valence-electron chi connectivity index (χ2n) is 8.77. The number of methoxy groups -OCH3 is 2. The molecule has 4 rings (SSSR count). The van der Waals surface area contributed by atoms with Gasteiger partial charge in [-0.3, -0.25) is 14.9 Å². The van der Waals surface area contributed by atoms with E-state index in [1.807, 2.05) is 24.3 Å². The second-order valence-corrected chi connectivity index (χ2v) is 8.77. The van der Waals surface area contributed by atoms with Gasteiger partial charge in [-0.15, -0.1) is 0 Å². The summed E-state index contributed by atoms with van der Waals surface area (Å²) in [5.41, 5.74) is 3.37. The number of carbonyl (C=O) groups is 2. The average Bonchev–Trinajstić information content (AvgIpc) is 2.87. The molecule has 1 heterocycles. The number of allylic oxidation sites excluding steroid dienone is 3. The quantitative estimate of drug-likeness (QED) is 0.253. The van der Waals surface area contributed by atoms with Crippen LogP contribution in [0.15, 0.2) is 71.1 Å². The maximum Gasteiger partial charge on any atom is 0.336 e. The number of Topliss-reactive ketones (excluding diaryl/α,β-unsaturated/α-hetero) is 1. The lowest BCUT2D eigenvalue weighted by Crippen LogP contribution is -2.36. The highest BCUT2D eigenvalue weighted by Gasteiger charge is 2.41. The van der Waals surface area contributed by atoms with Gasteiger partial charge in [-0.1, -0.05) is 24.3 Å². The maximum absolute atomic E-state index is 13.6. The largest absolute Gasteiger partial charge is 0.497 e. The van der Waals surface area contributed by atoms with Crippen molar-refractivity contribution in [3.05, 3.63) is 92.3 Å². The summed E-state index contributed by atoms with van der Waals surface area (Å²) >= 11 is 0. The van der Waals surface area contributed by atoms with Crippen molar-refractivity contribution >= 4 is 17.4 Å². The third-order valence-corrected chi connectivity index (χ3v) is 6.57. The van der Waals surface area contributed by atoms with Crippen LogP contribution in [0.1, 0.15) is 42.7 Å². The molecule has 0 bridgehead atoms. The van der Waals surface area contributed by atoms with E-state index in [9.17, 15) is 19.7 Å². The van der Waals surface area contributed by atoms with Gasteiger partial charge in [0.2, 0.25) is 0 Å². The van der Waals surface area contributed by atoms with Gasteiger partial charge < -0.3 is 19.5 Å². The number of non-ortho nitro benzene ring substituents is 1. The van der Waals surface area contributed by atoms with Gasteiger partial charge in [-0.25, -0.2) is 4.79 Å². The van der Waals surface area contributed by atoms with Crippen LogP contribution in [0, 0.1) is 10.1 Å². The van der Waals surface area contributed by atoms with Gasteiger partial charge in [0.15, 0.2) is 5.78 Å². The summed E-state index contributed by atoms with van der Waals surface area (Å²) in [7, 11) is 3.10. The lowest BCUT2D eigenvalue weighted by atomic mass is 9.71. The van der Waals surface area contributed by atoms with Crippen molar-refractivity contribution in [2.45, 2.75) is 31.6 Å². The Balaban J connectivity index is 1.76. The van der Waals surface area contributed by atoms with Crippen LogP contribution in [-0.2, 0) is 19.1 Å². The van der Waals surface area contributed by atoms with Crippen LogP contribution < -0.4 is 10.1 Å². The predicted octanol–water partition coefficient (Wildman–Crippen LogP) is 4.15. The molecular weight excluding hydrogens is 464 g/mol. The highest BCUT2D eigenvalue weighted by Crippen LogP contribution is 2.46. The smallest absolute Gasteiger partial charge is 0.336 e. The Morgan fingerprint density at radius 2 is 1.83 bits per heavy atom. The van der Waals surface area contributed by atoms with Crippen LogP contribution in [0.5, 0.6) is 5.75 Å². The number of nitro groups is 1. The van der Waals surface area contributed by atoms with E-state index in [0.717, 1.165) is 17.0 Å². The number of nitrogens with one attached hydrogen (secondary N) is 1. The highest BCUT2D eigenvalue weighted by molar-refractivity contribution is 6.04. The Kier molecular flexibility index (Phi) is 7.49. The summed E-state index contributed by atoms with van der Waals surface area (Å²) < 4.78 is 15.6. The molecule has 2 aromatic carbocycles. The van der Waals surface area contributed by atoms with E-state index >= 15 is 0 Å². The zero-order valence-corrected chi connectivity index (χ0v) is 20.4. The van der Waals surface area contributed by atoms with Gasteiger partial charge in [0, 0.05) is 48.5 Å². The molecule has 1 N–H and O–H groups in total. The van der Waals surface area contributed by atoms with E-state index in [1.165, 1.54) is 19.2 Å². The summed E-state index contributed by atoms with van der Waals surface area (Å²) in [6.07, 6.45) is 0.811. The van der Waals surface area contributed by atoms with Crippen LogP contribution in [0.2, 0.25) is 0 Å².